The molecule has 1 radical (unpaired) electrons. The quantitative estimate of drug-likeness (QED) is 0.642. The molecule has 0 spiro atoms. The van der Waals surface area contributed by atoms with E-state index >= 15 is 0 Å². The van der Waals surface area contributed by atoms with Gasteiger partial charge in [-0.3, -0.25) is 0 Å². The van der Waals surface area contributed by atoms with Crippen molar-refractivity contribution in [3.05, 3.63) is 42.0 Å². The summed E-state index contributed by atoms with van der Waals surface area (Å²) in [4.78, 5) is 0. The normalized spacial score (nSPS) is 10.0. The minimum absolute atomic E-state index is 0.684. The van der Waals surface area contributed by atoms with E-state index in [9.17, 15) is 0 Å². The zero-order valence-electron chi connectivity index (χ0n) is 7.00. The van der Waals surface area contributed by atoms with Gasteiger partial charge < -0.3 is 4.74 Å². The van der Waals surface area contributed by atoms with Gasteiger partial charge in [0.1, 0.15) is 0 Å². The maximum Gasteiger partial charge on any atom is 0.0810 e. The lowest BCUT2D eigenvalue weighted by Gasteiger charge is -2.03. The lowest BCUT2D eigenvalue weighted by molar-refractivity contribution is 0.190. The molecule has 0 fully saturated rings. The Morgan fingerprint density at radius 1 is 1.36 bits per heavy atom. The summed E-state index contributed by atoms with van der Waals surface area (Å²) in [6.07, 6.45) is 0. The molecule has 0 aliphatic rings. The zero-order chi connectivity index (χ0) is 8.10. The maximum absolute atomic E-state index is 5.18. The zero-order valence-corrected chi connectivity index (χ0v) is 7.00. The molecule has 1 rings (SSSR count). The summed E-state index contributed by atoms with van der Waals surface area (Å²) in [6.45, 7) is 6.38. The molecule has 0 saturated carbocycles. The van der Waals surface area contributed by atoms with Gasteiger partial charge in [-0.2, -0.15) is 0 Å². The predicted octanol–water partition coefficient (Wildman–Crippen LogP) is 2.69. The van der Waals surface area contributed by atoms with Crippen LogP contribution in [0.4, 0.5) is 0 Å². The van der Waals surface area contributed by atoms with Crippen LogP contribution < -0.4 is 0 Å². The molecule has 0 N–H and O–H groups in total. The van der Waals surface area contributed by atoms with E-state index in [1.54, 1.807) is 6.61 Å². The van der Waals surface area contributed by atoms with Gasteiger partial charge in [-0.15, -0.1) is 0 Å². The first kappa shape index (κ1) is 8.28. The fourth-order valence-electron chi connectivity index (χ4n) is 0.945. The van der Waals surface area contributed by atoms with Crippen LogP contribution in [0, 0.1) is 13.5 Å². The van der Waals surface area contributed by atoms with E-state index in [1.165, 1.54) is 11.1 Å². The van der Waals surface area contributed by atoms with E-state index < -0.39 is 0 Å². The number of aryl methyl sites for hydroxylation is 1. The van der Waals surface area contributed by atoms with Gasteiger partial charge in [0.15, 0.2) is 0 Å². The van der Waals surface area contributed by atoms with Crippen LogP contribution >= 0.6 is 0 Å². The Morgan fingerprint density at radius 2 is 2.09 bits per heavy atom. The molecular weight excluding hydrogens is 136 g/mol. The molecule has 0 atom stereocenters. The molecule has 1 heteroatoms. The van der Waals surface area contributed by atoms with Crippen LogP contribution in [0.2, 0.25) is 0 Å². The first-order valence-corrected chi connectivity index (χ1v) is 3.78. The number of hydrogen-bond donors (Lipinski definition) is 0. The highest BCUT2D eigenvalue weighted by Crippen LogP contribution is 2.08. The van der Waals surface area contributed by atoms with Crippen LogP contribution in [0.25, 0.3) is 0 Å². The minimum Gasteiger partial charge on any atom is -0.371 e. The Balaban J connectivity index is 2.62. The molecule has 0 aliphatic heterocycles. The third-order valence-electron chi connectivity index (χ3n) is 1.67. The van der Waals surface area contributed by atoms with E-state index in [1.807, 2.05) is 19.1 Å². The number of benzene rings is 1. The van der Waals surface area contributed by atoms with E-state index in [0.717, 1.165) is 0 Å². The second-order valence-corrected chi connectivity index (χ2v) is 2.47. The Bertz CT molecular complexity index is 218. The highest BCUT2D eigenvalue weighted by molar-refractivity contribution is 5.24. The Hall–Kier alpha value is -0.820. The van der Waals surface area contributed by atoms with E-state index in [2.05, 4.69) is 19.1 Å². The van der Waals surface area contributed by atoms with Gasteiger partial charge in [0.05, 0.1) is 13.2 Å². The molecule has 0 aliphatic carbocycles. The van der Waals surface area contributed by atoms with Crippen molar-refractivity contribution in [3.8, 4) is 0 Å². The Morgan fingerprint density at radius 3 is 2.73 bits per heavy atom. The van der Waals surface area contributed by atoms with Crippen molar-refractivity contribution in [2.45, 2.75) is 20.5 Å². The van der Waals surface area contributed by atoms with Gasteiger partial charge in [0.2, 0.25) is 0 Å². The second kappa shape index (κ2) is 4.14. The molecule has 1 nitrogen and oxygen atoms in total. The number of rotatable bonds is 3. The van der Waals surface area contributed by atoms with Crippen LogP contribution in [0.5, 0.6) is 0 Å². The minimum atomic E-state index is 0.684. The molecule has 0 unspecified atom stereocenters. The second-order valence-electron chi connectivity index (χ2n) is 2.47. The van der Waals surface area contributed by atoms with Gasteiger partial charge in [0, 0.05) is 0 Å². The Kier molecular flexibility index (Phi) is 3.12. The summed E-state index contributed by atoms with van der Waals surface area (Å²) >= 11 is 0. The van der Waals surface area contributed by atoms with Crippen molar-refractivity contribution in [1.82, 2.24) is 0 Å². The molecule has 59 valence electrons. The predicted molar refractivity (Wildman–Crippen MR) is 45.9 cm³/mol. The van der Waals surface area contributed by atoms with Crippen LogP contribution in [0.1, 0.15) is 18.1 Å². The molecule has 0 amide bonds. The van der Waals surface area contributed by atoms with E-state index in [0.29, 0.717) is 6.61 Å². The molecule has 0 bridgehead atoms. The van der Waals surface area contributed by atoms with Crippen LogP contribution in [0.3, 0.4) is 0 Å². The smallest absolute Gasteiger partial charge is 0.0810 e. The van der Waals surface area contributed by atoms with E-state index in [4.69, 9.17) is 4.74 Å². The number of hydrogen-bond acceptors (Lipinski definition) is 1. The fraction of sp³-hybridized carbons (Fsp3) is 0.300. The monoisotopic (exact) mass is 149 g/mol. The average Bonchev–Trinajstić information content (AvgIpc) is 2.03. The average molecular weight is 149 g/mol. The van der Waals surface area contributed by atoms with Crippen molar-refractivity contribution < 1.29 is 4.74 Å². The SMILES string of the molecule is C[CH]OCc1ccccc1C. The summed E-state index contributed by atoms with van der Waals surface area (Å²) in [7, 11) is 0. The van der Waals surface area contributed by atoms with Gasteiger partial charge in [-0.1, -0.05) is 24.3 Å². The third kappa shape index (κ3) is 2.35. The number of ether oxygens (including phenoxy) is 1. The molecule has 0 saturated heterocycles. The van der Waals surface area contributed by atoms with Crippen molar-refractivity contribution in [2.24, 2.45) is 0 Å². The van der Waals surface area contributed by atoms with Crippen LogP contribution in [-0.4, -0.2) is 0 Å². The van der Waals surface area contributed by atoms with Crippen LogP contribution in [0.15, 0.2) is 24.3 Å². The molecule has 1 aromatic carbocycles. The molecule has 11 heavy (non-hydrogen) atoms. The van der Waals surface area contributed by atoms with Crippen LogP contribution in [-0.2, 0) is 11.3 Å². The van der Waals surface area contributed by atoms with Crippen molar-refractivity contribution in [1.29, 1.82) is 0 Å². The topological polar surface area (TPSA) is 9.23 Å². The maximum atomic E-state index is 5.18. The van der Waals surface area contributed by atoms with Crippen molar-refractivity contribution in [3.63, 3.8) is 0 Å². The van der Waals surface area contributed by atoms with E-state index in [-0.39, 0.29) is 0 Å². The highest BCUT2D eigenvalue weighted by Gasteiger charge is 1.94. The summed E-state index contributed by atoms with van der Waals surface area (Å²) < 4.78 is 5.18. The molecular formula is C10H13O. The standard InChI is InChI=1S/C10H13O/c1-3-11-8-10-7-5-4-6-9(10)2/h3-7H,8H2,1-2H3. The first-order chi connectivity index (χ1) is 5.34. The molecule has 0 heterocycles. The highest BCUT2D eigenvalue weighted by atomic mass is 16.5. The van der Waals surface area contributed by atoms with Gasteiger partial charge in [-0.05, 0) is 25.0 Å². The summed E-state index contributed by atoms with van der Waals surface area (Å²) in [5, 5.41) is 0. The largest absolute Gasteiger partial charge is 0.371 e. The van der Waals surface area contributed by atoms with Gasteiger partial charge in [0.25, 0.3) is 0 Å². The van der Waals surface area contributed by atoms with Gasteiger partial charge >= 0.3 is 0 Å². The lowest BCUT2D eigenvalue weighted by atomic mass is 10.1. The Labute approximate surface area is 68.0 Å². The first-order valence-electron chi connectivity index (χ1n) is 3.78. The molecule has 1 aromatic rings. The summed E-state index contributed by atoms with van der Waals surface area (Å²) in [6, 6.07) is 8.24. The van der Waals surface area contributed by atoms with Gasteiger partial charge in [-0.25, -0.2) is 0 Å². The summed E-state index contributed by atoms with van der Waals surface area (Å²) in [5.41, 5.74) is 2.54. The lowest BCUT2D eigenvalue weighted by Crippen LogP contribution is -1.90. The van der Waals surface area contributed by atoms with Crippen molar-refractivity contribution in [2.75, 3.05) is 0 Å². The fourth-order valence-corrected chi connectivity index (χ4v) is 0.945. The third-order valence-corrected chi connectivity index (χ3v) is 1.67. The summed E-state index contributed by atoms with van der Waals surface area (Å²) in [5.74, 6) is 0. The van der Waals surface area contributed by atoms with Crippen molar-refractivity contribution >= 4 is 0 Å². The molecule has 0 aromatic heterocycles.